The van der Waals surface area contributed by atoms with Crippen LogP contribution in [-0.4, -0.2) is 36.0 Å². The summed E-state index contributed by atoms with van der Waals surface area (Å²) >= 11 is 3.53. The van der Waals surface area contributed by atoms with Crippen LogP contribution in [0.3, 0.4) is 0 Å². The van der Waals surface area contributed by atoms with Crippen LogP contribution in [0.1, 0.15) is 25.3 Å². The fraction of sp³-hybridized carbons (Fsp3) is 0.533. The van der Waals surface area contributed by atoms with Gasteiger partial charge in [-0.05, 0) is 30.4 Å². The topological polar surface area (TPSA) is 23.6 Å². The molecule has 0 bridgehead atoms. The first kappa shape index (κ1) is 14.4. The number of hydrogen-bond donors (Lipinski definition) is 0. The Morgan fingerprint density at radius 2 is 2.21 bits per heavy atom. The van der Waals surface area contributed by atoms with E-state index in [9.17, 15) is 4.79 Å². The quantitative estimate of drug-likeness (QED) is 0.813. The van der Waals surface area contributed by atoms with Gasteiger partial charge in [-0.25, -0.2) is 4.79 Å². The van der Waals surface area contributed by atoms with Crippen LogP contribution in [0.15, 0.2) is 28.7 Å². The Labute approximate surface area is 123 Å². The molecule has 1 atom stereocenters. The molecule has 0 saturated carbocycles. The molecule has 0 radical (unpaired) electrons. The average molecular weight is 325 g/mol. The lowest BCUT2D eigenvalue weighted by atomic mass is 10.0. The van der Waals surface area contributed by atoms with Gasteiger partial charge in [0.2, 0.25) is 0 Å². The molecule has 0 aliphatic carbocycles. The second-order valence-electron chi connectivity index (χ2n) is 5.42. The van der Waals surface area contributed by atoms with E-state index < -0.39 is 0 Å². The number of hydrogen-bond acceptors (Lipinski definition) is 1. The van der Waals surface area contributed by atoms with Crippen molar-refractivity contribution in [2.75, 3.05) is 20.1 Å². The summed E-state index contributed by atoms with van der Waals surface area (Å²) in [5, 5.41) is 0. The summed E-state index contributed by atoms with van der Waals surface area (Å²) in [5.74, 6) is 0.620. The Hall–Kier alpha value is -1.03. The van der Waals surface area contributed by atoms with Crippen molar-refractivity contribution >= 4 is 22.0 Å². The van der Waals surface area contributed by atoms with Crippen molar-refractivity contribution in [1.82, 2.24) is 9.80 Å². The van der Waals surface area contributed by atoms with Crippen molar-refractivity contribution in [2.24, 2.45) is 5.92 Å². The van der Waals surface area contributed by atoms with Crippen LogP contribution in [0.25, 0.3) is 0 Å². The van der Waals surface area contributed by atoms with Gasteiger partial charge in [0, 0.05) is 31.2 Å². The van der Waals surface area contributed by atoms with E-state index in [0.717, 1.165) is 29.5 Å². The maximum absolute atomic E-state index is 12.4. The molecule has 0 N–H and O–H groups in total. The second-order valence-corrected chi connectivity index (χ2v) is 6.28. The highest BCUT2D eigenvalue weighted by molar-refractivity contribution is 9.10. The van der Waals surface area contributed by atoms with Gasteiger partial charge in [0.05, 0.1) is 0 Å². The third-order valence-electron chi connectivity index (χ3n) is 3.62. The summed E-state index contributed by atoms with van der Waals surface area (Å²) in [6.45, 7) is 4.64. The molecule has 0 aromatic heterocycles. The van der Waals surface area contributed by atoms with Crippen molar-refractivity contribution < 1.29 is 4.79 Å². The van der Waals surface area contributed by atoms with Crippen LogP contribution in [0.4, 0.5) is 4.79 Å². The molecule has 1 aromatic carbocycles. The second kappa shape index (κ2) is 6.42. The number of carbonyl (C=O) groups is 1. The van der Waals surface area contributed by atoms with Crippen molar-refractivity contribution in [3.63, 3.8) is 0 Å². The molecular formula is C15H21BrN2O. The third-order valence-corrected chi connectivity index (χ3v) is 4.39. The highest BCUT2D eigenvalue weighted by Gasteiger charge is 2.23. The van der Waals surface area contributed by atoms with Gasteiger partial charge in [0.25, 0.3) is 0 Å². The number of piperidine rings is 1. The average Bonchev–Trinajstić information content (AvgIpc) is 2.40. The standard InChI is InChI=1S/C15H21BrN2O/c1-12-6-5-9-18(10-12)15(19)17(2)11-13-7-3-4-8-14(13)16/h3-4,7-8,12H,5-6,9-11H2,1-2H3. The molecule has 4 heteroatoms. The lowest BCUT2D eigenvalue weighted by Gasteiger charge is -2.34. The molecule has 1 aromatic rings. The minimum Gasteiger partial charge on any atom is -0.324 e. The summed E-state index contributed by atoms with van der Waals surface area (Å²) in [6.07, 6.45) is 2.35. The van der Waals surface area contributed by atoms with E-state index in [2.05, 4.69) is 22.9 Å². The zero-order valence-corrected chi connectivity index (χ0v) is 13.2. The molecule has 104 valence electrons. The number of urea groups is 1. The smallest absolute Gasteiger partial charge is 0.320 e. The molecule has 2 rings (SSSR count). The Balaban J connectivity index is 1.97. The molecule has 1 aliphatic rings. The molecule has 0 spiro atoms. The molecule has 2 amide bonds. The highest BCUT2D eigenvalue weighted by Crippen LogP contribution is 2.20. The van der Waals surface area contributed by atoms with Crippen LogP contribution < -0.4 is 0 Å². The molecule has 3 nitrogen and oxygen atoms in total. The highest BCUT2D eigenvalue weighted by atomic mass is 79.9. The van der Waals surface area contributed by atoms with Crippen LogP contribution in [0, 0.1) is 5.92 Å². The molecule has 19 heavy (non-hydrogen) atoms. The van der Waals surface area contributed by atoms with Gasteiger partial charge in [-0.3, -0.25) is 0 Å². The van der Waals surface area contributed by atoms with Gasteiger partial charge >= 0.3 is 6.03 Å². The van der Waals surface area contributed by atoms with Crippen molar-refractivity contribution in [3.8, 4) is 0 Å². The van der Waals surface area contributed by atoms with Crippen molar-refractivity contribution in [3.05, 3.63) is 34.3 Å². The monoisotopic (exact) mass is 324 g/mol. The molecule has 1 unspecified atom stereocenters. The van der Waals surface area contributed by atoms with Gasteiger partial charge < -0.3 is 9.80 Å². The van der Waals surface area contributed by atoms with Crippen LogP contribution in [0.2, 0.25) is 0 Å². The Morgan fingerprint density at radius 3 is 2.89 bits per heavy atom. The van der Waals surface area contributed by atoms with Gasteiger partial charge in [-0.1, -0.05) is 41.1 Å². The zero-order chi connectivity index (χ0) is 13.8. The Bertz CT molecular complexity index is 450. The number of benzene rings is 1. The molecule has 1 fully saturated rings. The summed E-state index contributed by atoms with van der Waals surface area (Å²) in [4.78, 5) is 16.2. The van der Waals surface area contributed by atoms with Crippen molar-refractivity contribution in [2.45, 2.75) is 26.3 Å². The lowest BCUT2D eigenvalue weighted by molar-refractivity contribution is 0.137. The molecular weight excluding hydrogens is 304 g/mol. The number of likely N-dealkylation sites (tertiary alicyclic amines) is 1. The molecule has 1 heterocycles. The van der Waals surface area contributed by atoms with Gasteiger partial charge in [-0.15, -0.1) is 0 Å². The summed E-state index contributed by atoms with van der Waals surface area (Å²) in [6, 6.07) is 8.19. The normalized spacial score (nSPS) is 19.3. The Morgan fingerprint density at radius 1 is 1.47 bits per heavy atom. The van der Waals surface area contributed by atoms with E-state index in [1.807, 2.05) is 36.2 Å². The fourth-order valence-electron chi connectivity index (χ4n) is 2.55. The number of halogens is 1. The van der Waals surface area contributed by atoms with E-state index >= 15 is 0 Å². The largest absolute Gasteiger partial charge is 0.324 e. The van der Waals surface area contributed by atoms with E-state index in [-0.39, 0.29) is 6.03 Å². The number of amides is 2. The predicted molar refractivity (Wildman–Crippen MR) is 81.0 cm³/mol. The van der Waals surface area contributed by atoms with Gasteiger partial charge in [-0.2, -0.15) is 0 Å². The molecule has 1 saturated heterocycles. The first-order chi connectivity index (χ1) is 9.08. The minimum absolute atomic E-state index is 0.141. The van der Waals surface area contributed by atoms with E-state index in [4.69, 9.17) is 0 Å². The number of carbonyl (C=O) groups excluding carboxylic acids is 1. The number of nitrogens with zero attached hydrogens (tertiary/aromatic N) is 2. The lowest BCUT2D eigenvalue weighted by Crippen LogP contribution is -2.45. The first-order valence-electron chi connectivity index (χ1n) is 6.81. The zero-order valence-electron chi connectivity index (χ0n) is 11.6. The predicted octanol–water partition coefficient (Wildman–Crippen LogP) is 3.73. The fourth-order valence-corrected chi connectivity index (χ4v) is 2.96. The van der Waals surface area contributed by atoms with Crippen LogP contribution in [-0.2, 0) is 6.54 Å². The third kappa shape index (κ3) is 3.72. The minimum atomic E-state index is 0.141. The summed E-state index contributed by atoms with van der Waals surface area (Å²) < 4.78 is 1.06. The summed E-state index contributed by atoms with van der Waals surface area (Å²) in [7, 11) is 1.88. The van der Waals surface area contributed by atoms with E-state index in [1.54, 1.807) is 4.90 Å². The number of rotatable bonds is 2. The van der Waals surface area contributed by atoms with Gasteiger partial charge in [0.1, 0.15) is 0 Å². The SMILES string of the molecule is CC1CCCN(C(=O)N(C)Cc2ccccc2Br)C1. The van der Waals surface area contributed by atoms with Crippen LogP contribution >= 0.6 is 15.9 Å². The Kier molecular flexibility index (Phi) is 4.86. The summed E-state index contributed by atoms with van der Waals surface area (Å²) in [5.41, 5.74) is 1.14. The van der Waals surface area contributed by atoms with Gasteiger partial charge in [0.15, 0.2) is 0 Å². The maximum Gasteiger partial charge on any atom is 0.320 e. The molecule has 1 aliphatic heterocycles. The first-order valence-corrected chi connectivity index (χ1v) is 7.60. The van der Waals surface area contributed by atoms with E-state index in [0.29, 0.717) is 12.5 Å². The van der Waals surface area contributed by atoms with Crippen molar-refractivity contribution in [1.29, 1.82) is 0 Å². The maximum atomic E-state index is 12.4. The van der Waals surface area contributed by atoms with E-state index in [1.165, 1.54) is 6.42 Å². The van der Waals surface area contributed by atoms with Crippen LogP contribution in [0.5, 0.6) is 0 Å².